The van der Waals surface area contributed by atoms with Gasteiger partial charge in [-0.05, 0) is 50.1 Å². The first-order valence-electron chi connectivity index (χ1n) is 8.29. The van der Waals surface area contributed by atoms with E-state index in [1.807, 2.05) is 32.9 Å². The fourth-order valence-corrected chi connectivity index (χ4v) is 3.33. The van der Waals surface area contributed by atoms with Gasteiger partial charge in [-0.2, -0.15) is 26.3 Å². The molecular formula is C20H16F6N2. The summed E-state index contributed by atoms with van der Waals surface area (Å²) in [7, 11) is 0. The summed E-state index contributed by atoms with van der Waals surface area (Å²) in [5, 5.41) is 0. The smallest absolute Gasteiger partial charge is 0.299 e. The molecule has 3 rings (SSSR count). The second kappa shape index (κ2) is 6.68. The van der Waals surface area contributed by atoms with E-state index in [1.54, 1.807) is 0 Å². The van der Waals surface area contributed by atoms with Crippen molar-refractivity contribution in [3.8, 4) is 17.1 Å². The Balaban J connectivity index is 2.26. The van der Waals surface area contributed by atoms with Crippen LogP contribution < -0.4 is 0 Å². The third-order valence-electron chi connectivity index (χ3n) is 4.36. The summed E-state index contributed by atoms with van der Waals surface area (Å²) in [6.07, 6.45) is -6.96. The molecule has 1 heterocycles. The maximum absolute atomic E-state index is 13.2. The minimum absolute atomic E-state index is 0.00616. The van der Waals surface area contributed by atoms with Crippen LogP contribution in [0.1, 0.15) is 27.8 Å². The average molecular weight is 398 g/mol. The molecule has 148 valence electrons. The lowest BCUT2D eigenvalue weighted by Gasteiger charge is -2.17. The molecule has 3 aromatic rings. The van der Waals surface area contributed by atoms with Crippen LogP contribution in [0.4, 0.5) is 26.3 Å². The van der Waals surface area contributed by atoms with Gasteiger partial charge in [0.1, 0.15) is 5.82 Å². The maximum Gasteiger partial charge on any atom is 0.416 e. The largest absolute Gasteiger partial charge is 0.416 e. The highest BCUT2D eigenvalue weighted by Gasteiger charge is 2.37. The standard InChI is InChI=1S/C20H16F6N2/c1-11-6-12(2)17(13(3)7-11)28-5-4-27-18(28)14-8-15(19(21,22)23)10-16(9-14)20(24,25)26/h4-10H,1-3H3. The zero-order chi connectivity index (χ0) is 20.9. The molecule has 1 aromatic heterocycles. The van der Waals surface area contributed by atoms with Crippen molar-refractivity contribution in [3.63, 3.8) is 0 Å². The van der Waals surface area contributed by atoms with Crippen LogP contribution in [0.2, 0.25) is 0 Å². The summed E-state index contributed by atoms with van der Waals surface area (Å²) < 4.78 is 80.6. The zero-order valence-corrected chi connectivity index (χ0v) is 15.2. The van der Waals surface area contributed by atoms with E-state index in [0.29, 0.717) is 17.8 Å². The fraction of sp³-hybridized carbons (Fsp3) is 0.250. The molecule has 0 spiro atoms. The van der Waals surface area contributed by atoms with Crippen molar-refractivity contribution < 1.29 is 26.3 Å². The van der Waals surface area contributed by atoms with Crippen molar-refractivity contribution in [3.05, 3.63) is 70.5 Å². The van der Waals surface area contributed by atoms with Crippen LogP contribution in [-0.4, -0.2) is 9.55 Å². The number of nitrogens with zero attached hydrogens (tertiary/aromatic N) is 2. The predicted molar refractivity (Wildman–Crippen MR) is 93.2 cm³/mol. The SMILES string of the molecule is Cc1cc(C)c(-n2ccnc2-c2cc(C(F)(F)F)cc(C(F)(F)F)c2)c(C)c1. The predicted octanol–water partition coefficient (Wildman–Crippen LogP) is 6.50. The van der Waals surface area contributed by atoms with Crippen molar-refractivity contribution in [1.82, 2.24) is 9.55 Å². The molecule has 28 heavy (non-hydrogen) atoms. The van der Waals surface area contributed by atoms with Gasteiger partial charge < -0.3 is 0 Å². The summed E-state index contributed by atoms with van der Waals surface area (Å²) >= 11 is 0. The molecule has 0 aliphatic rings. The molecule has 0 unspecified atom stereocenters. The molecule has 0 saturated carbocycles. The first-order valence-corrected chi connectivity index (χ1v) is 8.29. The lowest BCUT2D eigenvalue weighted by Crippen LogP contribution is -2.12. The van der Waals surface area contributed by atoms with Gasteiger partial charge in [-0.25, -0.2) is 4.98 Å². The van der Waals surface area contributed by atoms with Gasteiger partial charge in [0.25, 0.3) is 0 Å². The maximum atomic E-state index is 13.2. The first kappa shape index (κ1) is 20.0. The Morgan fingerprint density at radius 3 is 1.71 bits per heavy atom. The minimum Gasteiger partial charge on any atom is -0.299 e. The van der Waals surface area contributed by atoms with Crippen LogP contribution in [0.3, 0.4) is 0 Å². The highest BCUT2D eigenvalue weighted by Crippen LogP contribution is 2.39. The molecule has 0 bridgehead atoms. The Bertz CT molecular complexity index is 973. The molecular weight excluding hydrogens is 382 g/mol. The van der Waals surface area contributed by atoms with Crippen molar-refractivity contribution in [1.29, 1.82) is 0 Å². The third kappa shape index (κ3) is 3.76. The van der Waals surface area contributed by atoms with Crippen LogP contribution in [-0.2, 0) is 12.4 Å². The number of alkyl halides is 6. The van der Waals surface area contributed by atoms with Crippen LogP contribution >= 0.6 is 0 Å². The molecule has 0 saturated heterocycles. The fourth-order valence-electron chi connectivity index (χ4n) is 3.33. The Labute approximate surface area is 157 Å². The molecule has 0 amide bonds. The van der Waals surface area contributed by atoms with Gasteiger partial charge in [-0.3, -0.25) is 4.57 Å². The Hall–Kier alpha value is -2.77. The molecule has 0 fully saturated rings. The number of hydrogen-bond acceptors (Lipinski definition) is 1. The Kier molecular flexibility index (Phi) is 4.77. The number of hydrogen-bond donors (Lipinski definition) is 0. The number of halogens is 6. The summed E-state index contributed by atoms with van der Waals surface area (Å²) in [6, 6.07) is 5.26. The summed E-state index contributed by atoms with van der Waals surface area (Å²) in [5.41, 5.74) is 0.336. The van der Waals surface area contributed by atoms with Gasteiger partial charge in [0, 0.05) is 18.0 Å². The van der Waals surface area contributed by atoms with E-state index < -0.39 is 23.5 Å². The van der Waals surface area contributed by atoms with Gasteiger partial charge in [-0.1, -0.05) is 17.7 Å². The molecule has 2 nitrogen and oxygen atoms in total. The summed E-state index contributed by atoms with van der Waals surface area (Å²) in [4.78, 5) is 4.04. The van der Waals surface area contributed by atoms with Crippen LogP contribution in [0.15, 0.2) is 42.7 Å². The second-order valence-electron chi connectivity index (χ2n) is 6.66. The Morgan fingerprint density at radius 1 is 0.750 bits per heavy atom. The van der Waals surface area contributed by atoms with E-state index in [9.17, 15) is 26.3 Å². The van der Waals surface area contributed by atoms with Crippen molar-refractivity contribution in [2.24, 2.45) is 0 Å². The summed E-state index contributed by atoms with van der Waals surface area (Å²) in [5.74, 6) is 0.00616. The molecule has 8 heteroatoms. The van der Waals surface area contributed by atoms with Crippen LogP contribution in [0.25, 0.3) is 17.1 Å². The van der Waals surface area contributed by atoms with E-state index in [4.69, 9.17) is 0 Å². The number of rotatable bonds is 2. The second-order valence-corrected chi connectivity index (χ2v) is 6.66. The monoisotopic (exact) mass is 398 g/mol. The van der Waals surface area contributed by atoms with Crippen LogP contribution in [0.5, 0.6) is 0 Å². The van der Waals surface area contributed by atoms with Gasteiger partial charge in [0.15, 0.2) is 0 Å². The molecule has 0 radical (unpaired) electrons. The summed E-state index contributed by atoms with van der Waals surface area (Å²) in [6.45, 7) is 5.56. The normalized spacial score (nSPS) is 12.5. The Morgan fingerprint density at radius 2 is 1.25 bits per heavy atom. The number of imidazole rings is 1. The van der Waals surface area contributed by atoms with Crippen molar-refractivity contribution >= 4 is 0 Å². The quantitative estimate of drug-likeness (QED) is 0.451. The molecule has 0 aliphatic carbocycles. The van der Waals surface area contributed by atoms with Gasteiger partial charge in [-0.15, -0.1) is 0 Å². The zero-order valence-electron chi connectivity index (χ0n) is 15.2. The van der Waals surface area contributed by atoms with Crippen molar-refractivity contribution in [2.75, 3.05) is 0 Å². The molecule has 2 aromatic carbocycles. The lowest BCUT2D eigenvalue weighted by atomic mass is 10.0. The molecule has 0 N–H and O–H groups in total. The van der Waals surface area contributed by atoms with Crippen molar-refractivity contribution in [2.45, 2.75) is 33.1 Å². The first-order chi connectivity index (χ1) is 12.9. The number of aryl methyl sites for hydroxylation is 3. The average Bonchev–Trinajstić information content (AvgIpc) is 3.01. The van der Waals surface area contributed by atoms with E-state index in [1.165, 1.54) is 17.0 Å². The topological polar surface area (TPSA) is 17.8 Å². The highest BCUT2D eigenvalue weighted by atomic mass is 19.4. The highest BCUT2D eigenvalue weighted by molar-refractivity contribution is 5.64. The van der Waals surface area contributed by atoms with E-state index in [-0.39, 0.29) is 17.5 Å². The molecule has 0 aliphatic heterocycles. The van der Waals surface area contributed by atoms with Crippen LogP contribution in [0, 0.1) is 20.8 Å². The van der Waals surface area contributed by atoms with E-state index in [0.717, 1.165) is 16.7 Å². The lowest BCUT2D eigenvalue weighted by molar-refractivity contribution is -0.143. The number of benzene rings is 2. The minimum atomic E-state index is -4.91. The van der Waals surface area contributed by atoms with Gasteiger partial charge >= 0.3 is 12.4 Å². The van der Waals surface area contributed by atoms with Gasteiger partial charge in [0.2, 0.25) is 0 Å². The third-order valence-corrected chi connectivity index (χ3v) is 4.36. The number of aromatic nitrogens is 2. The molecule has 0 atom stereocenters. The van der Waals surface area contributed by atoms with Gasteiger partial charge in [0.05, 0.1) is 16.8 Å². The van der Waals surface area contributed by atoms with E-state index in [2.05, 4.69) is 4.98 Å². The van der Waals surface area contributed by atoms with E-state index >= 15 is 0 Å².